The summed E-state index contributed by atoms with van der Waals surface area (Å²) in [5.74, 6) is -0.913. The van der Waals surface area contributed by atoms with Gasteiger partial charge in [0.1, 0.15) is 5.82 Å². The highest BCUT2D eigenvalue weighted by Crippen LogP contribution is 2.42. The van der Waals surface area contributed by atoms with Crippen molar-refractivity contribution in [3.05, 3.63) is 70.5 Å². The van der Waals surface area contributed by atoms with E-state index < -0.39 is 47.4 Å². The Kier molecular flexibility index (Phi) is 5.80. The molecule has 0 spiro atoms. The minimum atomic E-state index is -4.97. The van der Waals surface area contributed by atoms with E-state index in [2.05, 4.69) is 5.32 Å². The molecular formula is C22H19F7N2O2. The van der Waals surface area contributed by atoms with Gasteiger partial charge in [0.05, 0.1) is 29.4 Å². The number of carbonyl (C=O) groups excluding carboxylic acids is 1. The van der Waals surface area contributed by atoms with Gasteiger partial charge < -0.3 is 15.0 Å². The van der Waals surface area contributed by atoms with Crippen molar-refractivity contribution >= 4 is 6.03 Å². The molecule has 2 fully saturated rings. The number of halogens is 7. The number of fused-ring (bicyclic) bond motifs is 1. The molecule has 0 unspecified atom stereocenters. The maximum Gasteiger partial charge on any atom is 0.416 e. The molecule has 2 aliphatic rings. The van der Waals surface area contributed by atoms with Gasteiger partial charge in [-0.25, -0.2) is 9.18 Å². The fourth-order valence-corrected chi connectivity index (χ4v) is 4.45. The number of alkyl halides is 6. The van der Waals surface area contributed by atoms with Crippen LogP contribution in [0.2, 0.25) is 0 Å². The quantitative estimate of drug-likeness (QED) is 0.593. The summed E-state index contributed by atoms with van der Waals surface area (Å²) in [4.78, 5) is 13.7. The van der Waals surface area contributed by atoms with E-state index in [1.165, 1.54) is 36.1 Å². The lowest BCUT2D eigenvalue weighted by atomic mass is 9.89. The van der Waals surface area contributed by atoms with Crippen LogP contribution in [0, 0.1) is 5.82 Å². The standard InChI is InChI=1S/C22H19F7N2O2/c1-11(13-6-14(21(24,25)26)8-15(7-13)22(27,28)29)33-18-10-31-17(9-30-20(31)32)19(18)12-2-4-16(23)5-3-12/h2-8,11,17-19H,9-10H2,1H3,(H,30,32)/t11-,17+,18+,19+/m1/s1. The van der Waals surface area contributed by atoms with Crippen LogP contribution < -0.4 is 5.32 Å². The van der Waals surface area contributed by atoms with Gasteiger partial charge in [-0.2, -0.15) is 26.3 Å². The molecule has 4 rings (SSSR count). The predicted molar refractivity (Wildman–Crippen MR) is 103 cm³/mol. The zero-order valence-corrected chi connectivity index (χ0v) is 17.2. The molecule has 0 aliphatic carbocycles. The number of ether oxygens (including phenoxy) is 1. The normalized spacial score (nSPS) is 24.1. The molecule has 0 saturated carbocycles. The maximum absolute atomic E-state index is 13.4. The molecule has 33 heavy (non-hydrogen) atoms. The molecule has 4 atom stereocenters. The van der Waals surface area contributed by atoms with Gasteiger partial charge in [0, 0.05) is 19.0 Å². The van der Waals surface area contributed by atoms with Crippen LogP contribution in [0.15, 0.2) is 42.5 Å². The molecule has 2 aromatic rings. The third-order valence-corrected chi connectivity index (χ3v) is 6.03. The molecule has 4 nitrogen and oxygen atoms in total. The molecule has 11 heteroatoms. The molecule has 2 saturated heterocycles. The topological polar surface area (TPSA) is 41.6 Å². The van der Waals surface area contributed by atoms with Crippen LogP contribution in [0.3, 0.4) is 0 Å². The fourth-order valence-electron chi connectivity index (χ4n) is 4.45. The second kappa shape index (κ2) is 8.19. The van der Waals surface area contributed by atoms with Gasteiger partial charge in [-0.1, -0.05) is 12.1 Å². The van der Waals surface area contributed by atoms with Crippen LogP contribution in [0.1, 0.15) is 41.2 Å². The average Bonchev–Trinajstić information content (AvgIpc) is 3.26. The van der Waals surface area contributed by atoms with Crippen molar-refractivity contribution in [2.45, 2.75) is 43.4 Å². The third-order valence-electron chi connectivity index (χ3n) is 6.03. The van der Waals surface area contributed by atoms with Gasteiger partial charge in [-0.3, -0.25) is 0 Å². The molecule has 0 bridgehead atoms. The van der Waals surface area contributed by atoms with E-state index in [4.69, 9.17) is 4.74 Å². The first-order valence-electron chi connectivity index (χ1n) is 10.1. The van der Waals surface area contributed by atoms with Crippen molar-refractivity contribution in [3.8, 4) is 0 Å². The number of carbonyl (C=O) groups is 1. The van der Waals surface area contributed by atoms with Crippen molar-refractivity contribution in [1.82, 2.24) is 10.2 Å². The number of amides is 2. The Bertz CT molecular complexity index is 1000. The largest absolute Gasteiger partial charge is 0.416 e. The van der Waals surface area contributed by atoms with E-state index in [0.717, 1.165) is 0 Å². The van der Waals surface area contributed by atoms with Crippen LogP contribution in [-0.2, 0) is 17.1 Å². The smallest absolute Gasteiger partial charge is 0.368 e. The molecule has 2 aromatic carbocycles. The second-order valence-electron chi connectivity index (χ2n) is 8.14. The van der Waals surface area contributed by atoms with Gasteiger partial charge in [0.25, 0.3) is 0 Å². The van der Waals surface area contributed by atoms with Crippen LogP contribution in [0.5, 0.6) is 0 Å². The van der Waals surface area contributed by atoms with Crippen LogP contribution in [-0.4, -0.2) is 36.2 Å². The Morgan fingerprint density at radius 3 is 2.12 bits per heavy atom. The summed E-state index contributed by atoms with van der Waals surface area (Å²) in [5, 5.41) is 2.69. The Balaban J connectivity index is 1.66. The van der Waals surface area contributed by atoms with Crippen LogP contribution in [0.25, 0.3) is 0 Å². The summed E-state index contributed by atoms with van der Waals surface area (Å²) >= 11 is 0. The molecule has 178 valence electrons. The molecule has 1 N–H and O–H groups in total. The molecule has 2 aliphatic heterocycles. The Morgan fingerprint density at radius 2 is 1.58 bits per heavy atom. The Labute approximate surface area is 184 Å². The van der Waals surface area contributed by atoms with Gasteiger partial charge in [0.15, 0.2) is 0 Å². The lowest BCUT2D eigenvalue weighted by molar-refractivity contribution is -0.143. The minimum Gasteiger partial charge on any atom is -0.368 e. The number of hydrogen-bond acceptors (Lipinski definition) is 2. The zero-order chi connectivity index (χ0) is 24.1. The summed E-state index contributed by atoms with van der Waals surface area (Å²) in [6, 6.07) is 6.19. The van der Waals surface area contributed by atoms with Crippen molar-refractivity contribution in [2.75, 3.05) is 13.1 Å². The highest BCUT2D eigenvalue weighted by Gasteiger charge is 2.49. The molecule has 2 amide bonds. The van der Waals surface area contributed by atoms with Gasteiger partial charge in [0.2, 0.25) is 0 Å². The van der Waals surface area contributed by atoms with Crippen molar-refractivity contribution in [2.24, 2.45) is 0 Å². The van der Waals surface area contributed by atoms with E-state index in [1.807, 2.05) is 0 Å². The Morgan fingerprint density at radius 1 is 1.00 bits per heavy atom. The summed E-state index contributed by atoms with van der Waals surface area (Å²) in [7, 11) is 0. The minimum absolute atomic E-state index is 0.0630. The van der Waals surface area contributed by atoms with Gasteiger partial charge in [-0.05, 0) is 48.4 Å². The number of rotatable bonds is 4. The first-order chi connectivity index (χ1) is 15.3. The van der Waals surface area contributed by atoms with E-state index in [-0.39, 0.29) is 36.8 Å². The molecule has 2 heterocycles. The molecule has 0 radical (unpaired) electrons. The van der Waals surface area contributed by atoms with Crippen LogP contribution >= 0.6 is 0 Å². The zero-order valence-electron chi connectivity index (χ0n) is 17.2. The highest BCUT2D eigenvalue weighted by atomic mass is 19.4. The second-order valence-corrected chi connectivity index (χ2v) is 8.14. The summed E-state index contributed by atoms with van der Waals surface area (Å²) in [6.07, 6.45) is -11.8. The number of urea groups is 1. The summed E-state index contributed by atoms with van der Waals surface area (Å²) in [6.45, 7) is 1.74. The number of benzene rings is 2. The first kappa shape index (κ1) is 23.3. The molecular weight excluding hydrogens is 457 g/mol. The predicted octanol–water partition coefficient (Wildman–Crippen LogP) is 5.50. The first-order valence-corrected chi connectivity index (χ1v) is 10.1. The number of nitrogens with one attached hydrogen (secondary N) is 1. The number of nitrogens with zero attached hydrogens (tertiary/aromatic N) is 1. The van der Waals surface area contributed by atoms with Crippen LogP contribution in [0.4, 0.5) is 35.5 Å². The lowest BCUT2D eigenvalue weighted by Gasteiger charge is -2.27. The van der Waals surface area contributed by atoms with Crippen molar-refractivity contribution in [3.63, 3.8) is 0 Å². The van der Waals surface area contributed by atoms with E-state index in [1.54, 1.807) is 0 Å². The van der Waals surface area contributed by atoms with Crippen molar-refractivity contribution < 1.29 is 40.3 Å². The van der Waals surface area contributed by atoms with Gasteiger partial charge >= 0.3 is 18.4 Å². The average molecular weight is 476 g/mol. The SMILES string of the molecule is C[C@@H](O[C@H]1CN2C(=O)NC[C@H]2[C@@H]1c1ccc(F)cc1)c1cc(C(F)(F)F)cc(C(F)(F)F)c1. The summed E-state index contributed by atoms with van der Waals surface area (Å²) < 4.78 is 98.7. The fraction of sp³-hybridized carbons (Fsp3) is 0.409. The monoisotopic (exact) mass is 476 g/mol. The van der Waals surface area contributed by atoms with E-state index in [9.17, 15) is 35.5 Å². The van der Waals surface area contributed by atoms with Crippen molar-refractivity contribution in [1.29, 1.82) is 0 Å². The van der Waals surface area contributed by atoms with Gasteiger partial charge in [-0.15, -0.1) is 0 Å². The highest BCUT2D eigenvalue weighted by molar-refractivity contribution is 5.78. The Hall–Kier alpha value is -2.82. The number of hydrogen-bond donors (Lipinski definition) is 1. The van der Waals surface area contributed by atoms with E-state index >= 15 is 0 Å². The molecule has 0 aromatic heterocycles. The maximum atomic E-state index is 13.4. The van der Waals surface area contributed by atoms with E-state index in [0.29, 0.717) is 17.7 Å². The lowest BCUT2D eigenvalue weighted by Crippen LogP contribution is -2.31. The summed E-state index contributed by atoms with van der Waals surface area (Å²) in [5.41, 5.74) is -2.49. The third kappa shape index (κ3) is 4.64.